The molecule has 0 bridgehead atoms. The molecule has 0 heterocycles. The fourth-order valence-electron chi connectivity index (χ4n) is 6.76. The molecule has 0 amide bonds. The van der Waals surface area contributed by atoms with Gasteiger partial charge in [-0.2, -0.15) is 0 Å². The second kappa shape index (κ2) is 55.9. The molecule has 0 spiro atoms. The SMILES string of the molecule is CC/C=C\C/C=C\C/C=C\C/C=C\C/C=C\CCCCCC(=O)OC[C@H](COC(=O)CCCCCC/C=C\C/C=C\C/C=C\C/C=C\CC)OC(=O)CCCC/C=C\C/C=C\C/C=C\CCCCC. The van der Waals surface area contributed by atoms with E-state index in [4.69, 9.17) is 14.2 Å². The van der Waals surface area contributed by atoms with Gasteiger partial charge in [0.05, 0.1) is 0 Å². The minimum absolute atomic E-state index is 0.123. The zero-order valence-corrected chi connectivity index (χ0v) is 44.0. The molecule has 6 nitrogen and oxygen atoms in total. The second-order valence-corrected chi connectivity index (χ2v) is 17.4. The fourth-order valence-corrected chi connectivity index (χ4v) is 6.76. The lowest BCUT2D eigenvalue weighted by Crippen LogP contribution is -2.30. The standard InChI is InChI=1S/C63H98O6/c1-4-7-10-13-16-19-22-25-28-30-31-33-36-38-41-44-47-50-53-56-62(65)68-59-60(69-63(66)57-54-51-48-45-42-39-34-27-24-21-18-15-12-9-6-3)58-67-61(64)55-52-49-46-43-40-37-35-32-29-26-23-20-17-14-11-8-5-2/h7-8,10-11,16-21,25-29,31,33-35,37-38,41-42,45,60H,4-6,9,12-15,22-24,30,32,36,39-40,43-44,46-59H2,1-3H3/b10-7-,11-8-,19-16-,20-17-,21-18-,28-25-,29-26-,33-31-,34-27-,37-35-,41-38-,45-42-/t60-/m0/s1. The summed E-state index contributed by atoms with van der Waals surface area (Å²) in [4.78, 5) is 38.1. The summed E-state index contributed by atoms with van der Waals surface area (Å²) < 4.78 is 16.8. The van der Waals surface area contributed by atoms with Crippen LogP contribution >= 0.6 is 0 Å². The van der Waals surface area contributed by atoms with Crippen LogP contribution in [0.5, 0.6) is 0 Å². The molecule has 0 saturated heterocycles. The van der Waals surface area contributed by atoms with Crippen LogP contribution < -0.4 is 0 Å². The van der Waals surface area contributed by atoms with Crippen LogP contribution in [0.15, 0.2) is 146 Å². The normalized spacial score (nSPS) is 13.3. The van der Waals surface area contributed by atoms with Gasteiger partial charge in [-0.3, -0.25) is 14.4 Å². The van der Waals surface area contributed by atoms with E-state index in [0.717, 1.165) is 141 Å². The number of carbonyl (C=O) groups is 3. The number of unbranched alkanes of at least 4 members (excludes halogenated alkanes) is 12. The van der Waals surface area contributed by atoms with Crippen molar-refractivity contribution in [3.8, 4) is 0 Å². The van der Waals surface area contributed by atoms with Crippen molar-refractivity contribution >= 4 is 17.9 Å². The first-order valence-corrected chi connectivity index (χ1v) is 27.3. The van der Waals surface area contributed by atoms with Gasteiger partial charge in [0, 0.05) is 19.3 Å². The van der Waals surface area contributed by atoms with Crippen molar-refractivity contribution < 1.29 is 28.6 Å². The third kappa shape index (κ3) is 54.1. The number of hydrogen-bond donors (Lipinski definition) is 0. The maximum absolute atomic E-state index is 12.8. The summed E-state index contributed by atoms with van der Waals surface area (Å²) in [5, 5.41) is 0. The van der Waals surface area contributed by atoms with E-state index in [1.165, 1.54) is 25.7 Å². The Bertz CT molecular complexity index is 1560. The molecule has 0 aliphatic rings. The second-order valence-electron chi connectivity index (χ2n) is 17.4. The number of ether oxygens (including phenoxy) is 3. The predicted molar refractivity (Wildman–Crippen MR) is 297 cm³/mol. The lowest BCUT2D eigenvalue weighted by atomic mass is 10.1. The molecule has 0 saturated carbocycles. The average Bonchev–Trinajstić information content (AvgIpc) is 3.35. The molecule has 6 heteroatoms. The molecule has 0 rings (SSSR count). The van der Waals surface area contributed by atoms with Crippen molar-refractivity contribution in [2.45, 2.75) is 219 Å². The first-order valence-electron chi connectivity index (χ1n) is 27.3. The van der Waals surface area contributed by atoms with Gasteiger partial charge in [0.2, 0.25) is 0 Å². The van der Waals surface area contributed by atoms with Crippen LogP contribution in [-0.2, 0) is 28.6 Å². The van der Waals surface area contributed by atoms with Gasteiger partial charge < -0.3 is 14.2 Å². The van der Waals surface area contributed by atoms with E-state index in [1.54, 1.807) is 0 Å². The maximum atomic E-state index is 12.8. The molecule has 0 radical (unpaired) electrons. The molecule has 1 atom stereocenters. The van der Waals surface area contributed by atoms with E-state index in [9.17, 15) is 14.4 Å². The molecule has 0 fully saturated rings. The van der Waals surface area contributed by atoms with Crippen LogP contribution in [0.1, 0.15) is 213 Å². The fraction of sp³-hybridized carbons (Fsp3) is 0.571. The van der Waals surface area contributed by atoms with E-state index in [0.29, 0.717) is 19.3 Å². The molecule has 0 aromatic rings. The van der Waals surface area contributed by atoms with Gasteiger partial charge in [-0.1, -0.05) is 199 Å². The van der Waals surface area contributed by atoms with Crippen molar-refractivity contribution in [3.63, 3.8) is 0 Å². The minimum Gasteiger partial charge on any atom is -0.462 e. The summed E-state index contributed by atoms with van der Waals surface area (Å²) >= 11 is 0. The first kappa shape index (κ1) is 64.3. The molecule has 0 unspecified atom stereocenters. The van der Waals surface area contributed by atoms with Gasteiger partial charge in [0.25, 0.3) is 0 Å². The van der Waals surface area contributed by atoms with E-state index < -0.39 is 6.10 Å². The Balaban J connectivity index is 4.58. The summed E-state index contributed by atoms with van der Waals surface area (Å²) in [6.45, 7) is 6.28. The largest absolute Gasteiger partial charge is 0.462 e. The molecule has 0 aliphatic carbocycles. The smallest absolute Gasteiger partial charge is 0.306 e. The van der Waals surface area contributed by atoms with Crippen molar-refractivity contribution in [1.29, 1.82) is 0 Å². The number of carbonyl (C=O) groups excluding carboxylic acids is 3. The Morgan fingerprint density at radius 3 is 0.913 bits per heavy atom. The zero-order valence-electron chi connectivity index (χ0n) is 44.0. The first-order chi connectivity index (χ1) is 34.0. The van der Waals surface area contributed by atoms with Crippen LogP contribution in [0.25, 0.3) is 0 Å². The third-order valence-electron chi connectivity index (χ3n) is 10.8. The Morgan fingerprint density at radius 2 is 0.565 bits per heavy atom. The van der Waals surface area contributed by atoms with Crippen LogP contribution in [0.4, 0.5) is 0 Å². The maximum Gasteiger partial charge on any atom is 0.306 e. The van der Waals surface area contributed by atoms with Crippen LogP contribution in [0.3, 0.4) is 0 Å². The van der Waals surface area contributed by atoms with E-state index in [2.05, 4.69) is 167 Å². The molecule has 386 valence electrons. The Labute approximate surface area is 423 Å². The van der Waals surface area contributed by atoms with Crippen LogP contribution in [0.2, 0.25) is 0 Å². The molecule has 0 aromatic carbocycles. The molecule has 0 aromatic heterocycles. The van der Waals surface area contributed by atoms with Crippen molar-refractivity contribution in [2.24, 2.45) is 0 Å². The lowest BCUT2D eigenvalue weighted by molar-refractivity contribution is -0.167. The summed E-state index contributed by atoms with van der Waals surface area (Å²) in [5.41, 5.74) is 0. The van der Waals surface area contributed by atoms with Gasteiger partial charge in [0.15, 0.2) is 6.10 Å². The van der Waals surface area contributed by atoms with Crippen LogP contribution in [0, 0.1) is 0 Å². The van der Waals surface area contributed by atoms with Gasteiger partial charge in [0.1, 0.15) is 13.2 Å². The number of allylic oxidation sites excluding steroid dienone is 24. The van der Waals surface area contributed by atoms with Crippen LogP contribution in [-0.4, -0.2) is 37.2 Å². The predicted octanol–water partition coefficient (Wildman–Crippen LogP) is 18.4. The highest BCUT2D eigenvalue weighted by atomic mass is 16.6. The quantitative estimate of drug-likeness (QED) is 0.0262. The summed E-state index contributed by atoms with van der Waals surface area (Å²) in [6.07, 6.45) is 79.7. The topological polar surface area (TPSA) is 78.9 Å². The third-order valence-corrected chi connectivity index (χ3v) is 10.8. The number of rotatable bonds is 47. The lowest BCUT2D eigenvalue weighted by Gasteiger charge is -2.18. The molecular weight excluding hydrogens is 853 g/mol. The number of esters is 3. The van der Waals surface area contributed by atoms with Gasteiger partial charge >= 0.3 is 17.9 Å². The van der Waals surface area contributed by atoms with E-state index in [1.807, 2.05) is 0 Å². The van der Waals surface area contributed by atoms with Crippen molar-refractivity contribution in [2.75, 3.05) is 13.2 Å². The Hall–Kier alpha value is -4.71. The Morgan fingerprint density at radius 1 is 0.304 bits per heavy atom. The van der Waals surface area contributed by atoms with E-state index in [-0.39, 0.29) is 37.5 Å². The molecule has 0 N–H and O–H groups in total. The summed E-state index contributed by atoms with van der Waals surface area (Å²) in [5.74, 6) is -1.03. The monoisotopic (exact) mass is 951 g/mol. The minimum atomic E-state index is -0.829. The summed E-state index contributed by atoms with van der Waals surface area (Å²) in [6, 6.07) is 0. The van der Waals surface area contributed by atoms with Crippen molar-refractivity contribution in [1.82, 2.24) is 0 Å². The summed E-state index contributed by atoms with van der Waals surface area (Å²) in [7, 11) is 0. The number of hydrogen-bond acceptors (Lipinski definition) is 6. The van der Waals surface area contributed by atoms with Gasteiger partial charge in [-0.15, -0.1) is 0 Å². The highest BCUT2D eigenvalue weighted by molar-refractivity contribution is 5.71. The molecular formula is C63H98O6. The van der Waals surface area contributed by atoms with Gasteiger partial charge in [-0.25, -0.2) is 0 Å². The van der Waals surface area contributed by atoms with E-state index >= 15 is 0 Å². The average molecular weight is 951 g/mol. The Kier molecular flexibility index (Phi) is 52.1. The highest BCUT2D eigenvalue weighted by Crippen LogP contribution is 2.11. The van der Waals surface area contributed by atoms with Gasteiger partial charge in [-0.05, 0) is 141 Å². The molecule has 0 aliphatic heterocycles. The highest BCUT2D eigenvalue weighted by Gasteiger charge is 2.19. The zero-order chi connectivity index (χ0) is 50.0. The van der Waals surface area contributed by atoms with Crippen molar-refractivity contribution in [3.05, 3.63) is 146 Å². The molecule has 69 heavy (non-hydrogen) atoms.